The van der Waals surface area contributed by atoms with Crippen LogP contribution in [0, 0.1) is 13.8 Å². The summed E-state index contributed by atoms with van der Waals surface area (Å²) in [6.45, 7) is 5.74. The quantitative estimate of drug-likeness (QED) is 0.780. The second-order valence-electron chi connectivity index (χ2n) is 6.26. The molecule has 1 heterocycles. The molecule has 3 aromatic rings. The zero-order chi connectivity index (χ0) is 17.1. The van der Waals surface area contributed by atoms with Gasteiger partial charge in [0.1, 0.15) is 0 Å². The number of pyridine rings is 1. The molecule has 1 N–H and O–H groups in total. The van der Waals surface area contributed by atoms with Crippen molar-refractivity contribution in [1.29, 1.82) is 0 Å². The van der Waals surface area contributed by atoms with Crippen LogP contribution in [0.2, 0.25) is 0 Å². The number of fused-ring (bicyclic) bond motifs is 1. The molecule has 0 saturated carbocycles. The van der Waals surface area contributed by atoms with Gasteiger partial charge in [-0.25, -0.2) is 0 Å². The summed E-state index contributed by atoms with van der Waals surface area (Å²) in [6.07, 6.45) is 0.677. The number of hydrogen-bond donors (Lipinski definition) is 1. The Bertz CT molecular complexity index is 866. The first-order chi connectivity index (χ1) is 11.5. The number of carbonyl (C=O) groups is 1. The predicted molar refractivity (Wildman–Crippen MR) is 97.9 cm³/mol. The van der Waals surface area contributed by atoms with Gasteiger partial charge in [-0.3, -0.25) is 9.78 Å². The molecule has 1 aromatic heterocycles. The van der Waals surface area contributed by atoms with Crippen molar-refractivity contribution in [3.8, 4) is 0 Å². The molecule has 1 amide bonds. The number of carbonyl (C=O) groups excluding carboxylic acids is 1. The number of rotatable bonds is 4. The van der Waals surface area contributed by atoms with Crippen LogP contribution in [0.3, 0.4) is 0 Å². The minimum Gasteiger partial charge on any atom is -0.349 e. The molecular weight excluding hydrogens is 296 g/mol. The van der Waals surface area contributed by atoms with Gasteiger partial charge in [0.25, 0.3) is 0 Å². The standard InChI is InChI=1S/C21H22N2O/c1-14-7-6-8-15(2)21(14)20(22-16(3)24)13-18-12-11-17-9-4-5-10-19(17)23-18/h4-12,20H,13H2,1-3H3,(H,22,24). The van der Waals surface area contributed by atoms with Crippen molar-refractivity contribution in [1.82, 2.24) is 10.3 Å². The van der Waals surface area contributed by atoms with Gasteiger partial charge < -0.3 is 5.32 Å². The molecule has 0 aliphatic heterocycles. The summed E-state index contributed by atoms with van der Waals surface area (Å²) in [6, 6.07) is 18.4. The van der Waals surface area contributed by atoms with Crippen LogP contribution in [0.5, 0.6) is 0 Å². The van der Waals surface area contributed by atoms with Crippen molar-refractivity contribution >= 4 is 16.8 Å². The largest absolute Gasteiger partial charge is 0.349 e. The van der Waals surface area contributed by atoms with Crippen molar-refractivity contribution in [3.63, 3.8) is 0 Å². The van der Waals surface area contributed by atoms with Gasteiger partial charge in [0.15, 0.2) is 0 Å². The molecule has 0 spiro atoms. The highest BCUT2D eigenvalue weighted by Crippen LogP contribution is 2.25. The highest BCUT2D eigenvalue weighted by atomic mass is 16.1. The molecule has 0 radical (unpaired) electrons. The predicted octanol–water partition coefficient (Wildman–Crippen LogP) is 4.27. The maximum atomic E-state index is 11.7. The SMILES string of the molecule is CC(=O)NC(Cc1ccc2ccccc2n1)c1c(C)cccc1C. The third-order valence-corrected chi connectivity index (χ3v) is 4.34. The van der Waals surface area contributed by atoms with Gasteiger partial charge >= 0.3 is 0 Å². The summed E-state index contributed by atoms with van der Waals surface area (Å²) in [4.78, 5) is 16.5. The molecule has 1 unspecified atom stereocenters. The van der Waals surface area contributed by atoms with Crippen molar-refractivity contribution in [3.05, 3.63) is 77.0 Å². The Morgan fingerprint density at radius 1 is 1.00 bits per heavy atom. The normalized spacial score (nSPS) is 12.1. The zero-order valence-electron chi connectivity index (χ0n) is 14.3. The van der Waals surface area contributed by atoms with Crippen LogP contribution >= 0.6 is 0 Å². The van der Waals surface area contributed by atoms with Crippen molar-refractivity contribution < 1.29 is 4.79 Å². The lowest BCUT2D eigenvalue weighted by Gasteiger charge is -2.22. The Balaban J connectivity index is 1.98. The Hall–Kier alpha value is -2.68. The number of aryl methyl sites for hydroxylation is 2. The first-order valence-corrected chi connectivity index (χ1v) is 8.22. The van der Waals surface area contributed by atoms with E-state index in [9.17, 15) is 4.79 Å². The first-order valence-electron chi connectivity index (χ1n) is 8.22. The van der Waals surface area contributed by atoms with E-state index in [-0.39, 0.29) is 11.9 Å². The highest BCUT2D eigenvalue weighted by molar-refractivity contribution is 5.78. The summed E-state index contributed by atoms with van der Waals surface area (Å²) >= 11 is 0. The van der Waals surface area contributed by atoms with Gasteiger partial charge in [0.2, 0.25) is 5.91 Å². The third-order valence-electron chi connectivity index (χ3n) is 4.34. The van der Waals surface area contributed by atoms with E-state index in [0.29, 0.717) is 6.42 Å². The fourth-order valence-corrected chi connectivity index (χ4v) is 3.28. The zero-order valence-corrected chi connectivity index (χ0v) is 14.3. The second kappa shape index (κ2) is 6.83. The van der Waals surface area contributed by atoms with E-state index in [2.05, 4.69) is 43.4 Å². The lowest BCUT2D eigenvalue weighted by molar-refractivity contribution is -0.119. The maximum absolute atomic E-state index is 11.7. The van der Waals surface area contributed by atoms with Crippen LogP contribution < -0.4 is 5.32 Å². The van der Waals surface area contributed by atoms with Gasteiger partial charge in [-0.2, -0.15) is 0 Å². The summed E-state index contributed by atoms with van der Waals surface area (Å²) in [5.74, 6) is -0.0246. The number of para-hydroxylation sites is 1. The summed E-state index contributed by atoms with van der Waals surface area (Å²) in [5.41, 5.74) is 5.53. The van der Waals surface area contributed by atoms with E-state index in [1.54, 1.807) is 6.92 Å². The number of aromatic nitrogens is 1. The third kappa shape index (κ3) is 3.46. The summed E-state index contributed by atoms with van der Waals surface area (Å²) in [5, 5.41) is 4.22. The Labute approximate surface area is 142 Å². The molecule has 0 saturated heterocycles. The smallest absolute Gasteiger partial charge is 0.217 e. The van der Waals surface area contributed by atoms with E-state index < -0.39 is 0 Å². The molecule has 0 fully saturated rings. The number of nitrogens with one attached hydrogen (secondary N) is 1. The van der Waals surface area contributed by atoms with E-state index in [0.717, 1.165) is 16.6 Å². The lowest BCUT2D eigenvalue weighted by atomic mass is 9.93. The second-order valence-corrected chi connectivity index (χ2v) is 6.26. The van der Waals surface area contributed by atoms with Gasteiger partial charge in [0, 0.05) is 24.4 Å². The van der Waals surface area contributed by atoms with E-state index in [1.807, 2.05) is 30.3 Å². The van der Waals surface area contributed by atoms with Gasteiger partial charge in [-0.15, -0.1) is 0 Å². The molecule has 0 aliphatic carbocycles. The van der Waals surface area contributed by atoms with Crippen molar-refractivity contribution in [2.45, 2.75) is 33.2 Å². The van der Waals surface area contributed by atoms with E-state index in [1.165, 1.54) is 16.7 Å². The van der Waals surface area contributed by atoms with E-state index >= 15 is 0 Å². The summed E-state index contributed by atoms with van der Waals surface area (Å²) < 4.78 is 0. The minimum absolute atomic E-state index is 0.0246. The maximum Gasteiger partial charge on any atom is 0.217 e. The number of benzene rings is 2. The number of nitrogens with zero attached hydrogens (tertiary/aromatic N) is 1. The average molecular weight is 318 g/mol. The first kappa shape index (κ1) is 16.2. The molecular formula is C21H22N2O. The Morgan fingerprint density at radius 2 is 1.71 bits per heavy atom. The number of hydrogen-bond acceptors (Lipinski definition) is 2. The van der Waals surface area contributed by atoms with Crippen LogP contribution in [0.4, 0.5) is 0 Å². The van der Waals surface area contributed by atoms with Crippen LogP contribution in [0.15, 0.2) is 54.6 Å². The molecule has 3 nitrogen and oxygen atoms in total. The van der Waals surface area contributed by atoms with E-state index in [4.69, 9.17) is 4.98 Å². The van der Waals surface area contributed by atoms with Crippen LogP contribution in [-0.4, -0.2) is 10.9 Å². The molecule has 0 aliphatic rings. The minimum atomic E-state index is -0.0719. The highest BCUT2D eigenvalue weighted by Gasteiger charge is 2.18. The Morgan fingerprint density at radius 3 is 2.42 bits per heavy atom. The van der Waals surface area contributed by atoms with Crippen LogP contribution in [0.25, 0.3) is 10.9 Å². The van der Waals surface area contributed by atoms with Crippen molar-refractivity contribution in [2.75, 3.05) is 0 Å². The molecule has 3 rings (SSSR count). The fraction of sp³-hybridized carbons (Fsp3) is 0.238. The van der Waals surface area contributed by atoms with Crippen molar-refractivity contribution in [2.24, 2.45) is 0 Å². The van der Waals surface area contributed by atoms with Gasteiger partial charge in [-0.05, 0) is 42.7 Å². The topological polar surface area (TPSA) is 42.0 Å². The molecule has 2 aromatic carbocycles. The van der Waals surface area contributed by atoms with Crippen LogP contribution in [-0.2, 0) is 11.2 Å². The van der Waals surface area contributed by atoms with Gasteiger partial charge in [-0.1, -0.05) is 42.5 Å². The monoisotopic (exact) mass is 318 g/mol. The van der Waals surface area contributed by atoms with Crippen LogP contribution in [0.1, 0.15) is 35.3 Å². The molecule has 0 bridgehead atoms. The molecule has 1 atom stereocenters. The average Bonchev–Trinajstić information content (AvgIpc) is 2.54. The summed E-state index contributed by atoms with van der Waals surface area (Å²) in [7, 11) is 0. The lowest BCUT2D eigenvalue weighted by Crippen LogP contribution is -2.29. The molecule has 3 heteroatoms. The molecule has 24 heavy (non-hydrogen) atoms. The van der Waals surface area contributed by atoms with Gasteiger partial charge in [0.05, 0.1) is 11.6 Å². The molecule has 122 valence electrons. The number of amides is 1. The fourth-order valence-electron chi connectivity index (χ4n) is 3.28. The Kier molecular flexibility index (Phi) is 4.61.